The molecule has 0 spiro atoms. The minimum absolute atomic E-state index is 0.0773. The second kappa shape index (κ2) is 9.42. The topological polar surface area (TPSA) is 104 Å². The Morgan fingerprint density at radius 1 is 1.07 bits per heavy atom. The monoisotopic (exact) mass is 416 g/mol. The van der Waals surface area contributed by atoms with E-state index in [0.29, 0.717) is 11.4 Å². The number of methoxy groups -OCH3 is 2. The molecule has 0 unspecified atom stereocenters. The molecule has 2 aromatic rings. The van der Waals surface area contributed by atoms with Crippen molar-refractivity contribution in [1.82, 2.24) is 4.98 Å². The second-order valence-corrected chi connectivity index (χ2v) is 7.33. The average molecular weight is 416 g/mol. The highest BCUT2D eigenvalue weighted by atomic mass is 32.2. The van der Waals surface area contributed by atoms with E-state index in [-0.39, 0.29) is 22.9 Å². The third-order valence-corrected chi connectivity index (χ3v) is 5.40. The number of carbonyl (C=O) groups excluding carboxylic acids is 3. The Bertz CT molecular complexity index is 927. The Hall–Kier alpha value is -3.07. The highest BCUT2D eigenvalue weighted by Gasteiger charge is 2.20. The van der Waals surface area contributed by atoms with Crippen molar-refractivity contribution >= 4 is 35.3 Å². The standard InChI is InChI=1S/C20H20N2O6S/c1-26-19(24)13-3-4-15(20(25)27-2)16(9-13)22-18(23)12-5-7-21-17(10-12)28-14-6-8-29-11-14/h3-5,7,9-10,14H,6,8,11H2,1-2H3,(H,22,23)/t14-/m1/s1. The van der Waals surface area contributed by atoms with Gasteiger partial charge in [0.25, 0.3) is 5.91 Å². The Kier molecular flexibility index (Phi) is 6.71. The molecule has 1 fully saturated rings. The molecule has 1 aliphatic heterocycles. The van der Waals surface area contributed by atoms with Crippen LogP contribution >= 0.6 is 11.8 Å². The van der Waals surface area contributed by atoms with Crippen LogP contribution in [0, 0.1) is 0 Å². The van der Waals surface area contributed by atoms with E-state index in [1.54, 1.807) is 6.07 Å². The predicted molar refractivity (Wildman–Crippen MR) is 108 cm³/mol. The van der Waals surface area contributed by atoms with Crippen molar-refractivity contribution in [3.8, 4) is 5.88 Å². The van der Waals surface area contributed by atoms with Gasteiger partial charge in [-0.3, -0.25) is 4.79 Å². The summed E-state index contributed by atoms with van der Waals surface area (Å²) in [6, 6.07) is 7.26. The fraction of sp³-hybridized carbons (Fsp3) is 0.300. The van der Waals surface area contributed by atoms with Gasteiger partial charge < -0.3 is 19.5 Å². The van der Waals surface area contributed by atoms with Gasteiger partial charge in [-0.2, -0.15) is 11.8 Å². The third-order valence-electron chi connectivity index (χ3n) is 4.27. The SMILES string of the molecule is COC(=O)c1ccc(C(=O)OC)c(NC(=O)c2ccnc(O[C@@H]3CCSC3)c2)c1. The lowest BCUT2D eigenvalue weighted by atomic mass is 10.1. The molecular formula is C20H20N2O6S. The van der Waals surface area contributed by atoms with Crippen LogP contribution in [0.4, 0.5) is 5.69 Å². The van der Waals surface area contributed by atoms with Gasteiger partial charge >= 0.3 is 11.9 Å². The van der Waals surface area contributed by atoms with E-state index in [9.17, 15) is 14.4 Å². The van der Waals surface area contributed by atoms with Gasteiger partial charge in [-0.1, -0.05) is 0 Å². The van der Waals surface area contributed by atoms with Crippen LogP contribution in [0.1, 0.15) is 37.5 Å². The summed E-state index contributed by atoms with van der Waals surface area (Å²) in [6.45, 7) is 0. The maximum atomic E-state index is 12.8. The highest BCUT2D eigenvalue weighted by Crippen LogP contribution is 2.24. The summed E-state index contributed by atoms with van der Waals surface area (Å²) in [5, 5.41) is 2.65. The van der Waals surface area contributed by atoms with E-state index in [1.807, 2.05) is 11.8 Å². The molecule has 9 heteroatoms. The van der Waals surface area contributed by atoms with Crippen molar-refractivity contribution in [2.45, 2.75) is 12.5 Å². The molecule has 1 aliphatic rings. The number of rotatable bonds is 6. The number of hydrogen-bond donors (Lipinski definition) is 1. The highest BCUT2D eigenvalue weighted by molar-refractivity contribution is 7.99. The van der Waals surface area contributed by atoms with Crippen molar-refractivity contribution in [2.24, 2.45) is 0 Å². The molecular weight excluding hydrogens is 396 g/mol. The zero-order chi connectivity index (χ0) is 20.8. The Balaban J connectivity index is 1.83. The quantitative estimate of drug-likeness (QED) is 0.717. The lowest BCUT2D eigenvalue weighted by Gasteiger charge is -2.13. The van der Waals surface area contributed by atoms with Gasteiger partial charge in [0.05, 0.1) is 31.0 Å². The molecule has 29 heavy (non-hydrogen) atoms. The summed E-state index contributed by atoms with van der Waals surface area (Å²) in [7, 11) is 2.48. The van der Waals surface area contributed by atoms with Gasteiger partial charge in [-0.25, -0.2) is 14.6 Å². The molecule has 1 N–H and O–H groups in total. The molecule has 3 rings (SSSR count). The van der Waals surface area contributed by atoms with Crippen molar-refractivity contribution in [2.75, 3.05) is 31.0 Å². The number of esters is 2. The molecule has 0 radical (unpaired) electrons. The van der Waals surface area contributed by atoms with Crippen LogP contribution in [-0.4, -0.2) is 54.7 Å². The molecule has 0 saturated carbocycles. The number of pyridine rings is 1. The first-order valence-electron chi connectivity index (χ1n) is 8.84. The fourth-order valence-corrected chi connectivity index (χ4v) is 3.86. The van der Waals surface area contributed by atoms with Crippen LogP contribution in [0.15, 0.2) is 36.5 Å². The van der Waals surface area contributed by atoms with Crippen LogP contribution in [0.25, 0.3) is 0 Å². The lowest BCUT2D eigenvalue weighted by molar-refractivity contribution is 0.0587. The summed E-state index contributed by atoms with van der Waals surface area (Å²) in [5.41, 5.74) is 0.742. The Morgan fingerprint density at radius 3 is 2.55 bits per heavy atom. The van der Waals surface area contributed by atoms with E-state index < -0.39 is 17.8 Å². The van der Waals surface area contributed by atoms with Crippen molar-refractivity contribution < 1.29 is 28.6 Å². The zero-order valence-electron chi connectivity index (χ0n) is 16.0. The van der Waals surface area contributed by atoms with Crippen LogP contribution < -0.4 is 10.1 Å². The van der Waals surface area contributed by atoms with E-state index in [4.69, 9.17) is 14.2 Å². The molecule has 1 aromatic carbocycles. The molecule has 1 aromatic heterocycles. The normalized spacial score (nSPS) is 15.4. The van der Waals surface area contributed by atoms with Gasteiger partial charge in [-0.05, 0) is 36.4 Å². The summed E-state index contributed by atoms with van der Waals surface area (Å²) < 4.78 is 15.3. The number of anilines is 1. The maximum absolute atomic E-state index is 12.8. The van der Waals surface area contributed by atoms with E-state index >= 15 is 0 Å². The minimum atomic E-state index is -0.644. The van der Waals surface area contributed by atoms with Crippen molar-refractivity contribution in [3.05, 3.63) is 53.2 Å². The molecule has 0 aliphatic carbocycles. The average Bonchev–Trinajstić information content (AvgIpc) is 3.25. The van der Waals surface area contributed by atoms with Gasteiger partial charge in [0.2, 0.25) is 5.88 Å². The Morgan fingerprint density at radius 2 is 1.86 bits per heavy atom. The van der Waals surface area contributed by atoms with Crippen molar-refractivity contribution in [3.63, 3.8) is 0 Å². The molecule has 1 amide bonds. The van der Waals surface area contributed by atoms with E-state index in [2.05, 4.69) is 10.3 Å². The summed E-state index contributed by atoms with van der Waals surface area (Å²) in [5.74, 6) is 0.575. The number of nitrogens with one attached hydrogen (secondary N) is 1. The summed E-state index contributed by atoms with van der Waals surface area (Å²) in [6.07, 6.45) is 2.50. The molecule has 0 bridgehead atoms. The van der Waals surface area contributed by atoms with E-state index in [1.165, 1.54) is 44.7 Å². The smallest absolute Gasteiger partial charge is 0.339 e. The van der Waals surface area contributed by atoms with Gasteiger partial charge in [0.1, 0.15) is 6.10 Å². The van der Waals surface area contributed by atoms with Crippen LogP contribution in [0.2, 0.25) is 0 Å². The first kappa shape index (κ1) is 20.7. The number of ether oxygens (including phenoxy) is 3. The maximum Gasteiger partial charge on any atom is 0.339 e. The summed E-state index contributed by atoms with van der Waals surface area (Å²) >= 11 is 1.81. The lowest BCUT2D eigenvalue weighted by Crippen LogP contribution is -2.18. The van der Waals surface area contributed by atoms with Gasteiger partial charge in [0.15, 0.2) is 0 Å². The van der Waals surface area contributed by atoms with Crippen LogP contribution in [0.3, 0.4) is 0 Å². The van der Waals surface area contributed by atoms with Crippen molar-refractivity contribution in [1.29, 1.82) is 0 Å². The minimum Gasteiger partial charge on any atom is -0.473 e. The number of nitrogens with zero attached hydrogens (tertiary/aromatic N) is 1. The molecule has 152 valence electrons. The molecule has 1 saturated heterocycles. The zero-order valence-corrected chi connectivity index (χ0v) is 16.8. The number of amides is 1. The Labute approximate surface area is 171 Å². The van der Waals surface area contributed by atoms with Crippen LogP contribution in [-0.2, 0) is 9.47 Å². The first-order chi connectivity index (χ1) is 14.0. The number of aromatic nitrogens is 1. The molecule has 2 heterocycles. The summed E-state index contributed by atoms with van der Waals surface area (Å²) in [4.78, 5) is 40.7. The molecule has 1 atom stereocenters. The number of benzene rings is 1. The van der Waals surface area contributed by atoms with E-state index in [0.717, 1.165) is 17.9 Å². The number of hydrogen-bond acceptors (Lipinski definition) is 8. The third kappa shape index (κ3) is 5.05. The number of thioether (sulfide) groups is 1. The van der Waals surface area contributed by atoms with Crippen LogP contribution in [0.5, 0.6) is 5.88 Å². The predicted octanol–water partition coefficient (Wildman–Crippen LogP) is 2.79. The fourth-order valence-electron chi connectivity index (χ4n) is 2.77. The molecule has 8 nitrogen and oxygen atoms in total. The van der Waals surface area contributed by atoms with Gasteiger partial charge in [0, 0.05) is 23.6 Å². The first-order valence-corrected chi connectivity index (χ1v) is 9.99. The van der Waals surface area contributed by atoms with Gasteiger partial charge in [-0.15, -0.1) is 0 Å². The largest absolute Gasteiger partial charge is 0.473 e. The number of carbonyl (C=O) groups is 3. The second-order valence-electron chi connectivity index (χ2n) is 6.18.